The minimum atomic E-state index is -0.572. The largest absolute Gasteiger partial charge is 0.370 e. The van der Waals surface area contributed by atoms with Crippen LogP contribution in [-0.4, -0.2) is 17.6 Å². The van der Waals surface area contributed by atoms with Crippen LogP contribution in [0.15, 0.2) is 24.3 Å². The molecule has 22 heavy (non-hydrogen) atoms. The van der Waals surface area contributed by atoms with Crippen molar-refractivity contribution in [3.63, 3.8) is 0 Å². The molecule has 1 aromatic carbocycles. The van der Waals surface area contributed by atoms with Crippen molar-refractivity contribution in [1.82, 2.24) is 0 Å². The van der Waals surface area contributed by atoms with E-state index >= 15 is 0 Å². The predicted octanol–water partition coefficient (Wildman–Crippen LogP) is 3.28. The average Bonchev–Trinajstić information content (AvgIpc) is 2.87. The molecule has 1 aliphatic carbocycles. The molecule has 2 N–H and O–H groups in total. The lowest BCUT2D eigenvalue weighted by atomic mass is 9.87. The van der Waals surface area contributed by atoms with Crippen molar-refractivity contribution in [1.29, 1.82) is 0 Å². The van der Waals surface area contributed by atoms with Crippen LogP contribution in [0.1, 0.15) is 43.9 Å². The van der Waals surface area contributed by atoms with E-state index in [0.717, 1.165) is 12.8 Å². The van der Waals surface area contributed by atoms with Crippen LogP contribution < -0.4 is 5.73 Å². The van der Waals surface area contributed by atoms with Crippen molar-refractivity contribution < 1.29 is 9.53 Å². The molecule has 0 saturated heterocycles. The predicted molar refractivity (Wildman–Crippen MR) is 91.3 cm³/mol. The van der Waals surface area contributed by atoms with Crippen molar-refractivity contribution in [2.45, 2.75) is 44.6 Å². The molecule has 118 valence electrons. The van der Waals surface area contributed by atoms with E-state index in [1.165, 1.54) is 11.1 Å². The van der Waals surface area contributed by atoms with Gasteiger partial charge in [0.15, 0.2) is 0 Å². The third-order valence-electron chi connectivity index (χ3n) is 4.05. The van der Waals surface area contributed by atoms with Crippen LogP contribution in [0.2, 0.25) is 0 Å². The van der Waals surface area contributed by atoms with E-state index in [2.05, 4.69) is 30.0 Å². The Bertz CT molecular complexity index is 605. The van der Waals surface area contributed by atoms with Gasteiger partial charge in [-0.1, -0.05) is 30.2 Å². The van der Waals surface area contributed by atoms with Crippen LogP contribution in [-0.2, 0) is 16.0 Å². The van der Waals surface area contributed by atoms with Gasteiger partial charge in [0.05, 0.1) is 11.5 Å². The molecule has 3 atom stereocenters. The Morgan fingerprint density at radius 1 is 1.55 bits per heavy atom. The maximum absolute atomic E-state index is 11.4. The zero-order valence-electron chi connectivity index (χ0n) is 13.4. The van der Waals surface area contributed by atoms with Gasteiger partial charge in [0.1, 0.15) is 5.44 Å². The van der Waals surface area contributed by atoms with Crippen molar-refractivity contribution in [2.75, 3.05) is 6.26 Å². The molecule has 4 heteroatoms. The van der Waals surface area contributed by atoms with E-state index in [1.54, 1.807) is 18.7 Å². The number of thioether (sulfide) groups is 1. The molecular weight excluding hydrogens is 294 g/mol. The van der Waals surface area contributed by atoms with Gasteiger partial charge in [-0.15, -0.1) is 17.7 Å². The minimum absolute atomic E-state index is 0.0690. The molecule has 3 nitrogen and oxygen atoms in total. The number of nitrogens with two attached hydrogens (primary N) is 1. The third kappa shape index (κ3) is 3.66. The first kappa shape index (κ1) is 16.9. The molecule has 0 spiro atoms. The Hall–Kier alpha value is -1.44. The minimum Gasteiger partial charge on any atom is -0.370 e. The highest BCUT2D eigenvalue weighted by molar-refractivity contribution is 7.99. The number of fused-ring (bicyclic) bond motifs is 1. The van der Waals surface area contributed by atoms with E-state index in [0.29, 0.717) is 0 Å². The van der Waals surface area contributed by atoms with Crippen molar-refractivity contribution >= 4 is 17.7 Å². The van der Waals surface area contributed by atoms with Crippen LogP contribution in [0.25, 0.3) is 0 Å². The lowest BCUT2D eigenvalue weighted by molar-refractivity contribution is -0.121. The second-order valence-corrected chi connectivity index (χ2v) is 6.76. The number of hydrogen-bond acceptors (Lipinski definition) is 3. The maximum atomic E-state index is 11.4. The summed E-state index contributed by atoms with van der Waals surface area (Å²) in [6.45, 7) is 3.73. The first-order chi connectivity index (χ1) is 10.5. The molecule has 0 bridgehead atoms. The Balaban J connectivity index is 2.21. The third-order valence-corrected chi connectivity index (χ3v) is 5.11. The van der Waals surface area contributed by atoms with Crippen LogP contribution in [0.4, 0.5) is 0 Å². The van der Waals surface area contributed by atoms with E-state index in [-0.39, 0.29) is 23.9 Å². The summed E-state index contributed by atoms with van der Waals surface area (Å²) in [5, 5.41) is 0. The van der Waals surface area contributed by atoms with Crippen molar-refractivity contribution in [3.05, 3.63) is 35.4 Å². The number of rotatable bonds is 6. The molecule has 2 rings (SSSR count). The Labute approximate surface area is 137 Å². The molecule has 0 heterocycles. The zero-order valence-corrected chi connectivity index (χ0v) is 14.2. The Kier molecular flexibility index (Phi) is 5.55. The van der Waals surface area contributed by atoms with Gasteiger partial charge in [0, 0.05) is 6.42 Å². The first-order valence-corrected chi connectivity index (χ1v) is 8.77. The Morgan fingerprint density at radius 2 is 2.27 bits per heavy atom. The quantitative estimate of drug-likeness (QED) is 0.647. The summed E-state index contributed by atoms with van der Waals surface area (Å²) in [6.07, 6.45) is 4.27. The van der Waals surface area contributed by atoms with E-state index in [9.17, 15) is 4.79 Å². The fraction of sp³-hybridized carbons (Fsp3) is 0.500. The molecular formula is C18H23NO2S. The fourth-order valence-electron chi connectivity index (χ4n) is 3.11. The summed E-state index contributed by atoms with van der Waals surface area (Å²) < 4.78 is 6.36. The molecule has 0 aromatic heterocycles. The van der Waals surface area contributed by atoms with Gasteiger partial charge in [0.2, 0.25) is 5.91 Å². The number of carbonyl (C=O) groups is 1. The highest BCUT2D eigenvalue weighted by Crippen LogP contribution is 2.41. The van der Waals surface area contributed by atoms with Crippen molar-refractivity contribution in [2.24, 2.45) is 11.1 Å². The lowest BCUT2D eigenvalue weighted by Gasteiger charge is -2.33. The first-order valence-electron chi connectivity index (χ1n) is 7.48. The zero-order chi connectivity index (χ0) is 16.2. The van der Waals surface area contributed by atoms with E-state index < -0.39 is 5.41 Å². The van der Waals surface area contributed by atoms with Crippen LogP contribution in [0.5, 0.6) is 0 Å². The fourth-order valence-corrected chi connectivity index (χ4v) is 4.02. The van der Waals surface area contributed by atoms with Gasteiger partial charge in [-0.3, -0.25) is 4.79 Å². The summed E-state index contributed by atoms with van der Waals surface area (Å²) in [4.78, 5) is 11.4. The molecule has 0 radical (unpaired) electrons. The molecule has 0 fully saturated rings. The van der Waals surface area contributed by atoms with E-state index in [1.807, 2.05) is 19.2 Å². The number of aryl methyl sites for hydroxylation is 1. The summed E-state index contributed by atoms with van der Waals surface area (Å²) in [7, 11) is 0. The van der Waals surface area contributed by atoms with E-state index in [4.69, 9.17) is 10.5 Å². The SMILES string of the molecule is CC#CC(C)(CC(N)=O)C(OC1CCc2ccccc21)SC. The molecule has 1 aromatic rings. The van der Waals surface area contributed by atoms with Gasteiger partial charge >= 0.3 is 0 Å². The second kappa shape index (κ2) is 7.21. The van der Waals surface area contributed by atoms with Crippen LogP contribution in [0, 0.1) is 17.3 Å². The topological polar surface area (TPSA) is 52.3 Å². The van der Waals surface area contributed by atoms with Crippen LogP contribution >= 0.6 is 11.8 Å². The summed E-state index contributed by atoms with van der Waals surface area (Å²) in [5.74, 6) is 5.72. The number of benzene rings is 1. The molecule has 0 aliphatic heterocycles. The summed E-state index contributed by atoms with van der Waals surface area (Å²) in [6, 6.07) is 8.39. The molecule has 1 aliphatic rings. The van der Waals surface area contributed by atoms with Gasteiger partial charge < -0.3 is 10.5 Å². The molecule has 3 unspecified atom stereocenters. The number of hydrogen-bond donors (Lipinski definition) is 1. The number of ether oxygens (including phenoxy) is 1. The second-order valence-electron chi connectivity index (χ2n) is 5.87. The van der Waals surface area contributed by atoms with Gasteiger partial charge in [-0.05, 0) is 44.1 Å². The number of carbonyl (C=O) groups excluding carboxylic acids is 1. The summed E-state index contributed by atoms with van der Waals surface area (Å²) >= 11 is 1.59. The highest BCUT2D eigenvalue weighted by atomic mass is 32.2. The standard InChI is InChI=1S/C18H23NO2S/c1-4-11-18(2,12-16(19)20)17(22-3)21-15-10-9-13-7-5-6-8-14(13)15/h5-8,15,17H,9-10,12H2,1-3H3,(H2,19,20). The molecule has 1 amide bonds. The van der Waals surface area contributed by atoms with Gasteiger partial charge in [-0.25, -0.2) is 0 Å². The van der Waals surface area contributed by atoms with Gasteiger partial charge in [-0.2, -0.15) is 0 Å². The highest BCUT2D eigenvalue weighted by Gasteiger charge is 2.38. The normalized spacial score (nSPS) is 20.4. The monoisotopic (exact) mass is 317 g/mol. The maximum Gasteiger partial charge on any atom is 0.219 e. The van der Waals surface area contributed by atoms with Crippen LogP contribution in [0.3, 0.4) is 0 Å². The molecule has 0 saturated carbocycles. The number of amides is 1. The summed E-state index contributed by atoms with van der Waals surface area (Å²) in [5.41, 5.74) is 7.26. The number of primary amides is 1. The smallest absolute Gasteiger partial charge is 0.219 e. The van der Waals surface area contributed by atoms with Crippen molar-refractivity contribution in [3.8, 4) is 11.8 Å². The van der Waals surface area contributed by atoms with Gasteiger partial charge in [0.25, 0.3) is 0 Å². The Morgan fingerprint density at radius 3 is 2.91 bits per heavy atom. The average molecular weight is 317 g/mol. The lowest BCUT2D eigenvalue weighted by Crippen LogP contribution is -2.36.